The molecule has 4 aromatic rings. The van der Waals surface area contributed by atoms with Crippen LogP contribution in [0, 0.1) is 0 Å². The summed E-state index contributed by atoms with van der Waals surface area (Å²) in [5, 5.41) is 3.65. The first-order chi connectivity index (χ1) is 16.1. The maximum atomic E-state index is 13.0. The molecule has 0 aliphatic carbocycles. The van der Waals surface area contributed by atoms with Gasteiger partial charge in [-0.25, -0.2) is 4.98 Å². The molecule has 1 amide bonds. The van der Waals surface area contributed by atoms with Crippen molar-refractivity contribution in [1.82, 2.24) is 9.55 Å². The highest BCUT2D eigenvalue weighted by Gasteiger charge is 2.19. The fourth-order valence-corrected chi connectivity index (χ4v) is 3.74. The summed E-state index contributed by atoms with van der Waals surface area (Å²) in [6.45, 7) is 0.196. The molecule has 2 aromatic carbocycles. The molecule has 0 spiro atoms. The van der Waals surface area contributed by atoms with Gasteiger partial charge in [-0.05, 0) is 36.4 Å². The summed E-state index contributed by atoms with van der Waals surface area (Å²) in [5.74, 6) is 3.28. The Morgan fingerprint density at radius 3 is 2.55 bits per heavy atom. The number of carbonyl (C=O) groups is 1. The normalized spacial score (nSPS) is 12.0. The zero-order chi connectivity index (χ0) is 22.9. The van der Waals surface area contributed by atoms with Crippen molar-refractivity contribution in [3.05, 3.63) is 60.4 Å². The molecule has 9 heteroatoms. The molecule has 2 aromatic heterocycles. The molecule has 0 saturated heterocycles. The van der Waals surface area contributed by atoms with Crippen molar-refractivity contribution >= 4 is 22.5 Å². The number of aryl methyl sites for hydroxylation is 1. The Morgan fingerprint density at radius 1 is 1.00 bits per heavy atom. The molecule has 0 atom stereocenters. The van der Waals surface area contributed by atoms with E-state index in [-0.39, 0.29) is 12.7 Å². The van der Waals surface area contributed by atoms with E-state index in [1.165, 1.54) is 6.20 Å². The second-order valence-corrected chi connectivity index (χ2v) is 7.28. The highest BCUT2D eigenvalue weighted by Crippen LogP contribution is 2.37. The number of amides is 1. The third-order valence-corrected chi connectivity index (χ3v) is 5.35. The van der Waals surface area contributed by atoms with Crippen LogP contribution < -0.4 is 29.0 Å². The number of nitrogens with zero attached hydrogens (tertiary/aromatic N) is 2. The molecule has 1 aliphatic rings. The third kappa shape index (κ3) is 3.73. The Bertz CT molecular complexity index is 1350. The number of anilines is 1. The lowest BCUT2D eigenvalue weighted by atomic mass is 10.2. The molecular formula is C24H21N3O6. The maximum Gasteiger partial charge on any atom is 0.272 e. The standard InChI is InChI=1S/C24H21N3O6/c1-27-17(11-16-18(29-2)7-8-20(30-3)23(16)27)24(28)26-14-4-9-22(25-12-14)33-15-5-6-19-21(10-15)32-13-31-19/h4-12H,13H2,1-3H3,(H,26,28). The van der Waals surface area contributed by atoms with Gasteiger partial charge in [0.25, 0.3) is 5.91 Å². The van der Waals surface area contributed by atoms with Crippen LogP contribution in [0.25, 0.3) is 10.9 Å². The van der Waals surface area contributed by atoms with Crippen LogP contribution in [0.1, 0.15) is 10.5 Å². The predicted octanol–water partition coefficient (Wildman–Crippen LogP) is 4.36. The molecule has 5 rings (SSSR count). The molecule has 1 aliphatic heterocycles. The fraction of sp³-hybridized carbons (Fsp3) is 0.167. The Labute approximate surface area is 189 Å². The van der Waals surface area contributed by atoms with E-state index in [9.17, 15) is 4.79 Å². The van der Waals surface area contributed by atoms with Crippen LogP contribution in [-0.2, 0) is 7.05 Å². The van der Waals surface area contributed by atoms with Crippen molar-refractivity contribution in [2.45, 2.75) is 0 Å². The first kappa shape index (κ1) is 20.5. The maximum absolute atomic E-state index is 13.0. The lowest BCUT2D eigenvalue weighted by Crippen LogP contribution is -2.15. The van der Waals surface area contributed by atoms with E-state index in [0.717, 1.165) is 10.9 Å². The molecule has 9 nitrogen and oxygen atoms in total. The Balaban J connectivity index is 1.34. The van der Waals surface area contributed by atoms with E-state index >= 15 is 0 Å². The van der Waals surface area contributed by atoms with Crippen molar-refractivity contribution in [2.24, 2.45) is 7.05 Å². The van der Waals surface area contributed by atoms with Gasteiger partial charge in [0.05, 0.1) is 31.6 Å². The number of methoxy groups -OCH3 is 2. The van der Waals surface area contributed by atoms with Gasteiger partial charge in [-0.15, -0.1) is 0 Å². The molecule has 0 fully saturated rings. The Kier molecular flexibility index (Phi) is 5.14. The summed E-state index contributed by atoms with van der Waals surface area (Å²) >= 11 is 0. The minimum Gasteiger partial charge on any atom is -0.496 e. The van der Waals surface area contributed by atoms with Crippen molar-refractivity contribution in [1.29, 1.82) is 0 Å². The van der Waals surface area contributed by atoms with Gasteiger partial charge < -0.3 is 33.6 Å². The summed E-state index contributed by atoms with van der Waals surface area (Å²) in [5.41, 5.74) is 1.75. The highest BCUT2D eigenvalue weighted by molar-refractivity contribution is 6.08. The SMILES string of the molecule is COc1ccc(OC)c2c1cc(C(=O)Nc1ccc(Oc3ccc4c(c3)OCO4)nc1)n2C. The van der Waals surface area contributed by atoms with E-state index in [1.54, 1.807) is 62.2 Å². The Hall–Kier alpha value is -4.40. The van der Waals surface area contributed by atoms with Crippen LogP contribution in [0.3, 0.4) is 0 Å². The minimum atomic E-state index is -0.288. The van der Waals surface area contributed by atoms with Gasteiger partial charge in [0.1, 0.15) is 22.9 Å². The van der Waals surface area contributed by atoms with Crippen molar-refractivity contribution < 1.29 is 28.5 Å². The number of ether oxygens (including phenoxy) is 5. The van der Waals surface area contributed by atoms with Crippen molar-refractivity contribution in [3.8, 4) is 34.6 Å². The second-order valence-electron chi connectivity index (χ2n) is 7.28. The number of hydrogen-bond acceptors (Lipinski definition) is 7. The number of aromatic nitrogens is 2. The molecule has 0 unspecified atom stereocenters. The minimum absolute atomic E-state index is 0.196. The van der Waals surface area contributed by atoms with Gasteiger partial charge in [-0.3, -0.25) is 4.79 Å². The summed E-state index contributed by atoms with van der Waals surface area (Å²) in [4.78, 5) is 17.3. The number of carbonyl (C=O) groups excluding carboxylic acids is 1. The summed E-state index contributed by atoms with van der Waals surface area (Å²) in [7, 11) is 4.99. The van der Waals surface area contributed by atoms with Crippen LogP contribution in [0.4, 0.5) is 5.69 Å². The fourth-order valence-electron chi connectivity index (χ4n) is 3.74. The van der Waals surface area contributed by atoms with Crippen LogP contribution >= 0.6 is 0 Å². The number of hydrogen-bond donors (Lipinski definition) is 1. The van der Waals surface area contributed by atoms with Gasteiger partial charge in [0.15, 0.2) is 11.5 Å². The van der Waals surface area contributed by atoms with Crippen LogP contribution in [0.2, 0.25) is 0 Å². The van der Waals surface area contributed by atoms with Gasteiger partial charge in [-0.2, -0.15) is 0 Å². The van der Waals surface area contributed by atoms with Crippen LogP contribution in [0.15, 0.2) is 54.7 Å². The molecule has 0 bridgehead atoms. The number of rotatable bonds is 6. The molecule has 1 N–H and O–H groups in total. The Morgan fingerprint density at radius 2 is 1.79 bits per heavy atom. The number of nitrogens with one attached hydrogen (secondary N) is 1. The van der Waals surface area contributed by atoms with E-state index in [2.05, 4.69) is 10.3 Å². The number of fused-ring (bicyclic) bond motifs is 2. The van der Waals surface area contributed by atoms with Gasteiger partial charge in [-0.1, -0.05) is 0 Å². The smallest absolute Gasteiger partial charge is 0.272 e. The molecule has 168 valence electrons. The predicted molar refractivity (Wildman–Crippen MR) is 121 cm³/mol. The van der Waals surface area contributed by atoms with E-state index in [1.807, 2.05) is 12.1 Å². The lowest BCUT2D eigenvalue weighted by molar-refractivity contribution is 0.101. The summed E-state index contributed by atoms with van der Waals surface area (Å²) in [6, 6.07) is 14.1. The molecule has 0 radical (unpaired) electrons. The van der Waals surface area contributed by atoms with E-state index < -0.39 is 0 Å². The third-order valence-electron chi connectivity index (χ3n) is 5.35. The average molecular weight is 447 g/mol. The first-order valence-corrected chi connectivity index (χ1v) is 10.1. The topological polar surface area (TPSA) is 93.1 Å². The van der Waals surface area contributed by atoms with Gasteiger partial charge >= 0.3 is 0 Å². The summed E-state index contributed by atoms with van der Waals surface area (Å²) in [6.07, 6.45) is 1.53. The van der Waals surface area contributed by atoms with E-state index in [4.69, 9.17) is 23.7 Å². The second kappa shape index (κ2) is 8.27. The lowest BCUT2D eigenvalue weighted by Gasteiger charge is -2.10. The number of benzene rings is 2. The zero-order valence-electron chi connectivity index (χ0n) is 18.2. The van der Waals surface area contributed by atoms with Crippen molar-refractivity contribution in [3.63, 3.8) is 0 Å². The first-order valence-electron chi connectivity index (χ1n) is 10.1. The molecule has 33 heavy (non-hydrogen) atoms. The molecule has 3 heterocycles. The highest BCUT2D eigenvalue weighted by atomic mass is 16.7. The zero-order valence-corrected chi connectivity index (χ0v) is 18.2. The molecule has 0 saturated carbocycles. The largest absolute Gasteiger partial charge is 0.496 e. The van der Waals surface area contributed by atoms with Crippen molar-refractivity contribution in [2.75, 3.05) is 26.3 Å². The van der Waals surface area contributed by atoms with E-state index in [0.29, 0.717) is 46.0 Å². The van der Waals surface area contributed by atoms with Crippen LogP contribution in [0.5, 0.6) is 34.6 Å². The quantitative estimate of drug-likeness (QED) is 0.469. The summed E-state index contributed by atoms with van der Waals surface area (Å²) < 4.78 is 29.1. The molecular weight excluding hydrogens is 426 g/mol. The van der Waals surface area contributed by atoms with Crippen LogP contribution in [-0.4, -0.2) is 36.5 Å². The van der Waals surface area contributed by atoms with Gasteiger partial charge in [0, 0.05) is 24.6 Å². The average Bonchev–Trinajstić information content (AvgIpc) is 3.44. The van der Waals surface area contributed by atoms with Gasteiger partial charge in [0.2, 0.25) is 12.7 Å². The monoisotopic (exact) mass is 447 g/mol. The number of pyridine rings is 1.